The van der Waals surface area contributed by atoms with E-state index in [1.165, 1.54) is 6.92 Å². The van der Waals surface area contributed by atoms with Crippen LogP contribution in [0.2, 0.25) is 0 Å². The molecule has 0 saturated carbocycles. The summed E-state index contributed by atoms with van der Waals surface area (Å²) in [6.45, 7) is 1.39. The van der Waals surface area contributed by atoms with Crippen LogP contribution in [0.3, 0.4) is 0 Å². The van der Waals surface area contributed by atoms with Gasteiger partial charge in [0, 0.05) is 11.9 Å². The van der Waals surface area contributed by atoms with Crippen LogP contribution in [0.4, 0.5) is 0 Å². The Morgan fingerprint density at radius 1 is 1.56 bits per heavy atom. The Morgan fingerprint density at radius 2 is 1.89 bits per heavy atom. The molecule has 0 aromatic heterocycles. The van der Waals surface area contributed by atoms with Crippen molar-refractivity contribution in [3.63, 3.8) is 0 Å². The van der Waals surface area contributed by atoms with E-state index < -0.39 is 16.7 Å². The molecule has 0 aromatic carbocycles. The SMILES string of the molecule is CC(C(=O)[O-])C(Cl)Cl.[Na+]. The van der Waals surface area contributed by atoms with Crippen LogP contribution in [0.5, 0.6) is 0 Å². The van der Waals surface area contributed by atoms with Gasteiger partial charge in [0.15, 0.2) is 0 Å². The van der Waals surface area contributed by atoms with Crippen molar-refractivity contribution in [3.8, 4) is 0 Å². The molecule has 2 nitrogen and oxygen atoms in total. The molecule has 0 aliphatic heterocycles. The van der Waals surface area contributed by atoms with E-state index in [0.29, 0.717) is 0 Å². The molecule has 0 aliphatic carbocycles. The first-order chi connectivity index (χ1) is 3.55. The predicted molar refractivity (Wildman–Crippen MR) is 29.7 cm³/mol. The van der Waals surface area contributed by atoms with Crippen LogP contribution in [0.25, 0.3) is 0 Å². The number of hydrogen-bond donors (Lipinski definition) is 0. The maximum absolute atomic E-state index is 9.86. The fourth-order valence-electron chi connectivity index (χ4n) is 0.103. The van der Waals surface area contributed by atoms with Crippen molar-refractivity contribution in [1.82, 2.24) is 0 Å². The smallest absolute Gasteiger partial charge is 0.550 e. The number of carbonyl (C=O) groups excluding carboxylic acids is 1. The van der Waals surface area contributed by atoms with E-state index in [-0.39, 0.29) is 29.6 Å². The third kappa shape index (κ3) is 5.49. The summed E-state index contributed by atoms with van der Waals surface area (Å²) in [7, 11) is 0. The molecule has 0 saturated heterocycles. The molecule has 1 unspecified atom stereocenters. The molecule has 0 radical (unpaired) electrons. The number of carboxylic acid groups (broad SMARTS) is 1. The number of halogens is 2. The number of aliphatic carboxylic acids is 1. The molecule has 0 aliphatic rings. The maximum Gasteiger partial charge on any atom is 1.00 e. The minimum Gasteiger partial charge on any atom is -0.550 e. The van der Waals surface area contributed by atoms with E-state index in [1.807, 2.05) is 0 Å². The standard InChI is InChI=1S/C4H6Cl2O2.Na/c1-2(3(5)6)4(7)8;/h2-3H,1H3,(H,7,8);/q;+1/p-1. The van der Waals surface area contributed by atoms with Crippen LogP contribution in [-0.4, -0.2) is 10.8 Å². The summed E-state index contributed by atoms with van der Waals surface area (Å²) in [6.07, 6.45) is 0. The molecule has 0 heterocycles. The largest absolute Gasteiger partial charge is 1.00 e. The van der Waals surface area contributed by atoms with E-state index in [1.54, 1.807) is 0 Å². The normalized spacial score (nSPS) is 12.4. The summed E-state index contributed by atoms with van der Waals surface area (Å²) in [5.74, 6) is -2.02. The predicted octanol–water partition coefficient (Wildman–Crippen LogP) is -2.82. The first-order valence-electron chi connectivity index (χ1n) is 2.04. The van der Waals surface area contributed by atoms with Gasteiger partial charge in [0.25, 0.3) is 0 Å². The van der Waals surface area contributed by atoms with Gasteiger partial charge in [-0.05, 0) is 0 Å². The zero-order valence-corrected chi connectivity index (χ0v) is 8.74. The van der Waals surface area contributed by atoms with Crippen molar-refractivity contribution in [2.75, 3.05) is 0 Å². The molecule has 0 bridgehead atoms. The molecule has 0 amide bonds. The Labute approximate surface area is 85.8 Å². The molecule has 9 heavy (non-hydrogen) atoms. The van der Waals surface area contributed by atoms with Crippen LogP contribution >= 0.6 is 23.2 Å². The maximum atomic E-state index is 9.86. The molecule has 0 aromatic rings. The average Bonchev–Trinajstić information content (AvgIpc) is 1.64. The second-order valence-electron chi connectivity index (χ2n) is 1.44. The quantitative estimate of drug-likeness (QED) is 0.339. The molecule has 1 atom stereocenters. The first-order valence-corrected chi connectivity index (χ1v) is 2.92. The number of rotatable bonds is 2. The summed E-state index contributed by atoms with van der Waals surface area (Å²) < 4.78 is 0. The van der Waals surface area contributed by atoms with E-state index in [0.717, 1.165) is 0 Å². The van der Waals surface area contributed by atoms with Crippen molar-refractivity contribution < 1.29 is 39.5 Å². The molecule has 48 valence electrons. The summed E-state index contributed by atoms with van der Waals surface area (Å²) in [5.41, 5.74) is 0. The van der Waals surface area contributed by atoms with Gasteiger partial charge in [0.2, 0.25) is 0 Å². The van der Waals surface area contributed by atoms with Crippen molar-refractivity contribution in [1.29, 1.82) is 0 Å². The Bertz CT molecular complexity index is 96.6. The van der Waals surface area contributed by atoms with Gasteiger partial charge in [-0.1, -0.05) is 6.92 Å². The molecule has 0 fully saturated rings. The third-order valence-electron chi connectivity index (χ3n) is 0.750. The van der Waals surface area contributed by atoms with Crippen LogP contribution in [0.15, 0.2) is 0 Å². The summed E-state index contributed by atoms with van der Waals surface area (Å²) in [4.78, 5) is 8.99. The first kappa shape index (κ1) is 12.7. The fraction of sp³-hybridized carbons (Fsp3) is 0.750. The third-order valence-corrected chi connectivity index (χ3v) is 1.51. The second kappa shape index (κ2) is 5.81. The van der Waals surface area contributed by atoms with E-state index >= 15 is 0 Å². The number of carbonyl (C=O) groups is 1. The number of hydrogen-bond acceptors (Lipinski definition) is 2. The van der Waals surface area contributed by atoms with Gasteiger partial charge in [-0.25, -0.2) is 0 Å². The summed E-state index contributed by atoms with van der Waals surface area (Å²) in [6, 6.07) is 0. The zero-order chi connectivity index (χ0) is 6.73. The van der Waals surface area contributed by atoms with Crippen molar-refractivity contribution in [3.05, 3.63) is 0 Å². The van der Waals surface area contributed by atoms with E-state index in [9.17, 15) is 9.90 Å². The molecule has 0 N–H and O–H groups in total. The van der Waals surface area contributed by atoms with Gasteiger partial charge in [0.1, 0.15) is 4.84 Å². The minimum absolute atomic E-state index is 0. The molecule has 0 spiro atoms. The van der Waals surface area contributed by atoms with Crippen LogP contribution in [0.1, 0.15) is 6.92 Å². The van der Waals surface area contributed by atoms with Crippen molar-refractivity contribution in [2.45, 2.75) is 11.8 Å². The van der Waals surface area contributed by atoms with Gasteiger partial charge >= 0.3 is 29.6 Å². The van der Waals surface area contributed by atoms with Gasteiger partial charge in [0.05, 0.1) is 0 Å². The molecular weight excluding hydrogens is 174 g/mol. The Hall–Kier alpha value is 1.05. The Morgan fingerprint density at radius 3 is 1.89 bits per heavy atom. The Balaban J connectivity index is 0. The van der Waals surface area contributed by atoms with Gasteiger partial charge in [-0.3, -0.25) is 0 Å². The fourth-order valence-corrected chi connectivity index (χ4v) is 0.309. The molecule has 0 rings (SSSR count). The van der Waals surface area contributed by atoms with Gasteiger partial charge in [-0.2, -0.15) is 0 Å². The van der Waals surface area contributed by atoms with Crippen molar-refractivity contribution in [2.24, 2.45) is 5.92 Å². The topological polar surface area (TPSA) is 40.1 Å². The number of carboxylic acids is 1. The van der Waals surface area contributed by atoms with E-state index in [2.05, 4.69) is 0 Å². The average molecular weight is 179 g/mol. The monoisotopic (exact) mass is 178 g/mol. The zero-order valence-electron chi connectivity index (χ0n) is 5.23. The van der Waals surface area contributed by atoms with Gasteiger partial charge in [-0.15, -0.1) is 23.2 Å². The van der Waals surface area contributed by atoms with Crippen LogP contribution < -0.4 is 34.7 Å². The Kier molecular flexibility index (Phi) is 8.19. The van der Waals surface area contributed by atoms with Gasteiger partial charge < -0.3 is 9.90 Å². The van der Waals surface area contributed by atoms with Crippen LogP contribution in [-0.2, 0) is 4.79 Å². The number of alkyl halides is 2. The van der Waals surface area contributed by atoms with E-state index in [4.69, 9.17) is 23.2 Å². The summed E-state index contributed by atoms with van der Waals surface area (Å²) >= 11 is 10.3. The second-order valence-corrected chi connectivity index (χ2v) is 2.61. The van der Waals surface area contributed by atoms with Crippen LogP contribution in [0, 0.1) is 5.92 Å². The molecule has 5 heteroatoms. The van der Waals surface area contributed by atoms with Crippen molar-refractivity contribution >= 4 is 29.2 Å². The summed E-state index contributed by atoms with van der Waals surface area (Å²) in [5, 5.41) is 9.86. The minimum atomic E-state index is -1.22. The molecular formula is C4H5Cl2NaO2.